The molecule has 5 nitrogen and oxygen atoms in total. The summed E-state index contributed by atoms with van der Waals surface area (Å²) in [7, 11) is 6.19. The average molecular weight is 306 g/mol. The highest BCUT2D eigenvalue weighted by Crippen LogP contribution is 2.28. The Hall–Kier alpha value is -1.27. The van der Waals surface area contributed by atoms with Crippen LogP contribution >= 0.6 is 10.7 Å². The number of amides is 1. The van der Waals surface area contributed by atoms with Crippen LogP contribution < -0.4 is 4.74 Å². The molecule has 0 saturated carbocycles. The minimum absolute atomic E-state index is 0.0221. The second kappa shape index (κ2) is 6.25. The molecule has 0 radical (unpaired) electrons. The number of hydrogen-bond donors (Lipinski definition) is 0. The van der Waals surface area contributed by atoms with Crippen LogP contribution in [0.1, 0.15) is 12.0 Å². The van der Waals surface area contributed by atoms with E-state index in [0.29, 0.717) is 12.8 Å². The number of nitrogens with zero attached hydrogens (tertiary/aromatic N) is 1. The normalized spacial score (nSPS) is 11.2. The molecule has 1 aromatic carbocycles. The van der Waals surface area contributed by atoms with Gasteiger partial charge in [0, 0.05) is 31.2 Å². The van der Waals surface area contributed by atoms with Crippen molar-refractivity contribution in [2.24, 2.45) is 0 Å². The molecule has 0 saturated heterocycles. The Morgan fingerprint density at radius 2 is 2.00 bits per heavy atom. The number of benzene rings is 1. The summed E-state index contributed by atoms with van der Waals surface area (Å²) in [6.45, 7) is 0. The summed E-state index contributed by atoms with van der Waals surface area (Å²) in [5.74, 6) is 0.170. The third-order valence-corrected chi connectivity index (χ3v) is 3.96. The van der Waals surface area contributed by atoms with Crippen LogP contribution in [-0.4, -0.2) is 40.4 Å². The number of ether oxygens (including phenoxy) is 1. The second-order valence-electron chi connectivity index (χ2n) is 4.21. The second-order valence-corrected chi connectivity index (χ2v) is 6.75. The van der Waals surface area contributed by atoms with E-state index in [4.69, 9.17) is 15.4 Å². The summed E-state index contributed by atoms with van der Waals surface area (Å²) in [6, 6.07) is 4.68. The average Bonchev–Trinajstić information content (AvgIpc) is 2.34. The zero-order chi connectivity index (χ0) is 14.6. The highest BCUT2D eigenvalue weighted by molar-refractivity contribution is 8.13. The summed E-state index contributed by atoms with van der Waals surface area (Å²) in [5, 5.41) is 0. The van der Waals surface area contributed by atoms with Gasteiger partial charge < -0.3 is 9.64 Å². The third kappa shape index (κ3) is 4.40. The Morgan fingerprint density at radius 3 is 2.47 bits per heavy atom. The van der Waals surface area contributed by atoms with Crippen molar-refractivity contribution in [1.82, 2.24) is 4.90 Å². The van der Waals surface area contributed by atoms with Crippen LogP contribution in [0.15, 0.2) is 23.1 Å². The van der Waals surface area contributed by atoms with Gasteiger partial charge in [0.1, 0.15) is 10.6 Å². The Balaban J connectivity index is 2.97. The van der Waals surface area contributed by atoms with Gasteiger partial charge in [0.05, 0.1) is 7.11 Å². The summed E-state index contributed by atoms with van der Waals surface area (Å²) >= 11 is 0. The number of hydrogen-bond acceptors (Lipinski definition) is 4. The van der Waals surface area contributed by atoms with Gasteiger partial charge in [-0.25, -0.2) is 8.42 Å². The molecule has 0 aliphatic heterocycles. The lowest BCUT2D eigenvalue weighted by atomic mass is 10.1. The Labute approximate surface area is 117 Å². The number of aryl methyl sites for hydroxylation is 1. The highest BCUT2D eigenvalue weighted by atomic mass is 35.7. The predicted molar refractivity (Wildman–Crippen MR) is 73.0 cm³/mol. The standard InChI is InChI=1S/C12H16ClNO4S/c1-14(2)12(15)7-5-9-4-6-10(18-3)11(8-9)19(13,16)17/h4,6,8H,5,7H2,1-3H3. The van der Waals surface area contributed by atoms with Crippen LogP contribution in [0.5, 0.6) is 5.75 Å². The van der Waals surface area contributed by atoms with E-state index < -0.39 is 9.05 Å². The van der Waals surface area contributed by atoms with E-state index in [9.17, 15) is 13.2 Å². The lowest BCUT2D eigenvalue weighted by Crippen LogP contribution is -2.21. The van der Waals surface area contributed by atoms with E-state index in [1.807, 2.05) is 0 Å². The van der Waals surface area contributed by atoms with Crippen molar-refractivity contribution in [3.8, 4) is 5.75 Å². The molecule has 1 amide bonds. The minimum Gasteiger partial charge on any atom is -0.495 e. The Bertz CT molecular complexity index is 569. The highest BCUT2D eigenvalue weighted by Gasteiger charge is 2.17. The Kier molecular flexibility index (Phi) is 5.20. The van der Waals surface area contributed by atoms with Crippen LogP contribution in [0, 0.1) is 0 Å². The summed E-state index contributed by atoms with van der Waals surface area (Å²) in [6.07, 6.45) is 0.752. The quantitative estimate of drug-likeness (QED) is 0.776. The van der Waals surface area contributed by atoms with Gasteiger partial charge in [0.2, 0.25) is 5.91 Å². The molecule has 0 aromatic heterocycles. The van der Waals surface area contributed by atoms with Gasteiger partial charge in [-0.1, -0.05) is 6.07 Å². The first-order valence-corrected chi connectivity index (χ1v) is 7.88. The van der Waals surface area contributed by atoms with E-state index in [-0.39, 0.29) is 16.6 Å². The molecule has 0 aliphatic carbocycles. The van der Waals surface area contributed by atoms with E-state index in [2.05, 4.69) is 0 Å². The lowest BCUT2D eigenvalue weighted by Gasteiger charge is -2.11. The van der Waals surface area contributed by atoms with Crippen LogP contribution in [0.2, 0.25) is 0 Å². The van der Waals surface area contributed by atoms with Crippen molar-refractivity contribution in [3.63, 3.8) is 0 Å². The molecule has 19 heavy (non-hydrogen) atoms. The molecule has 0 heterocycles. The summed E-state index contributed by atoms with van der Waals surface area (Å²) in [4.78, 5) is 12.9. The molecule has 0 unspecified atom stereocenters. The van der Waals surface area contributed by atoms with Crippen molar-refractivity contribution in [3.05, 3.63) is 23.8 Å². The van der Waals surface area contributed by atoms with Gasteiger partial charge in [-0.3, -0.25) is 4.79 Å². The first kappa shape index (κ1) is 15.8. The van der Waals surface area contributed by atoms with Crippen LogP contribution in [0.25, 0.3) is 0 Å². The van der Waals surface area contributed by atoms with Crippen molar-refractivity contribution in [2.75, 3.05) is 21.2 Å². The molecule has 7 heteroatoms. The zero-order valence-electron chi connectivity index (χ0n) is 11.0. The first-order chi connectivity index (χ1) is 8.75. The van der Waals surface area contributed by atoms with Crippen molar-refractivity contribution in [1.29, 1.82) is 0 Å². The molecule has 0 aliphatic rings. The molecule has 0 atom stereocenters. The first-order valence-electron chi connectivity index (χ1n) is 5.57. The largest absolute Gasteiger partial charge is 0.495 e. The van der Waals surface area contributed by atoms with Crippen molar-refractivity contribution >= 4 is 25.6 Å². The monoisotopic (exact) mass is 305 g/mol. The van der Waals surface area contributed by atoms with Gasteiger partial charge in [0.25, 0.3) is 9.05 Å². The van der Waals surface area contributed by atoms with Crippen molar-refractivity contribution in [2.45, 2.75) is 17.7 Å². The molecule has 0 spiro atoms. The number of carbonyl (C=O) groups excluding carboxylic acids is 1. The molecule has 1 aromatic rings. The predicted octanol–water partition coefficient (Wildman–Crippen LogP) is 1.64. The fraction of sp³-hybridized carbons (Fsp3) is 0.417. The third-order valence-electron chi connectivity index (χ3n) is 2.62. The Morgan fingerprint density at radius 1 is 1.37 bits per heavy atom. The topological polar surface area (TPSA) is 63.7 Å². The summed E-state index contributed by atoms with van der Waals surface area (Å²) < 4.78 is 27.8. The molecule has 0 fully saturated rings. The molecular formula is C12H16ClNO4S. The van der Waals surface area contributed by atoms with E-state index in [0.717, 1.165) is 5.56 Å². The number of halogens is 1. The van der Waals surface area contributed by atoms with Crippen LogP contribution in [-0.2, 0) is 20.3 Å². The van der Waals surface area contributed by atoms with Crippen LogP contribution in [0.3, 0.4) is 0 Å². The zero-order valence-corrected chi connectivity index (χ0v) is 12.6. The van der Waals surface area contributed by atoms with Gasteiger partial charge in [0.15, 0.2) is 0 Å². The molecule has 0 N–H and O–H groups in total. The van der Waals surface area contributed by atoms with Gasteiger partial charge in [-0.05, 0) is 24.1 Å². The van der Waals surface area contributed by atoms with E-state index >= 15 is 0 Å². The van der Waals surface area contributed by atoms with Gasteiger partial charge in [-0.15, -0.1) is 0 Å². The van der Waals surface area contributed by atoms with E-state index in [1.165, 1.54) is 24.1 Å². The number of carbonyl (C=O) groups is 1. The molecular weight excluding hydrogens is 290 g/mol. The van der Waals surface area contributed by atoms with Gasteiger partial charge >= 0.3 is 0 Å². The van der Waals surface area contributed by atoms with Crippen molar-refractivity contribution < 1.29 is 17.9 Å². The smallest absolute Gasteiger partial charge is 0.264 e. The summed E-state index contributed by atoms with van der Waals surface area (Å²) in [5.41, 5.74) is 0.718. The fourth-order valence-electron chi connectivity index (χ4n) is 1.54. The number of methoxy groups -OCH3 is 1. The van der Waals surface area contributed by atoms with E-state index in [1.54, 1.807) is 20.2 Å². The maximum atomic E-state index is 11.5. The SMILES string of the molecule is COc1ccc(CCC(=O)N(C)C)cc1S(=O)(=O)Cl. The minimum atomic E-state index is -3.87. The molecule has 0 bridgehead atoms. The fourth-order valence-corrected chi connectivity index (χ4v) is 2.59. The molecule has 1 rings (SSSR count). The van der Waals surface area contributed by atoms with Crippen LogP contribution in [0.4, 0.5) is 0 Å². The van der Waals surface area contributed by atoms with Gasteiger partial charge in [-0.2, -0.15) is 0 Å². The lowest BCUT2D eigenvalue weighted by molar-refractivity contribution is -0.128. The maximum absolute atomic E-state index is 11.5. The number of rotatable bonds is 5. The maximum Gasteiger partial charge on any atom is 0.264 e. The molecule has 106 valence electrons.